The molecule has 0 heterocycles. The zero-order chi connectivity index (χ0) is 14.8. The van der Waals surface area contributed by atoms with Crippen LogP contribution in [-0.4, -0.2) is 23.5 Å². The van der Waals surface area contributed by atoms with E-state index in [2.05, 4.69) is 12.2 Å². The van der Waals surface area contributed by atoms with Crippen molar-refractivity contribution in [1.82, 2.24) is 5.32 Å². The molecule has 0 bridgehead atoms. The zero-order valence-electron chi connectivity index (χ0n) is 12.7. The van der Waals surface area contributed by atoms with Crippen LogP contribution in [0, 0.1) is 11.8 Å². The molecule has 0 saturated heterocycles. The summed E-state index contributed by atoms with van der Waals surface area (Å²) < 4.78 is 0. The van der Waals surface area contributed by atoms with Crippen LogP contribution in [0.2, 0.25) is 0 Å². The number of rotatable bonds is 10. The van der Waals surface area contributed by atoms with Gasteiger partial charge in [-0.1, -0.05) is 39.0 Å². The second kappa shape index (κ2) is 9.78. The largest absolute Gasteiger partial charge is 0.481 e. The van der Waals surface area contributed by atoms with Crippen molar-refractivity contribution in [3.63, 3.8) is 0 Å². The summed E-state index contributed by atoms with van der Waals surface area (Å²) in [4.78, 5) is 22.3. The summed E-state index contributed by atoms with van der Waals surface area (Å²) in [7, 11) is 0. The summed E-state index contributed by atoms with van der Waals surface area (Å²) in [6, 6.07) is 0. The molecule has 0 radical (unpaired) electrons. The number of carboxylic acid groups (broad SMARTS) is 1. The summed E-state index contributed by atoms with van der Waals surface area (Å²) in [5, 5.41) is 11.6. The van der Waals surface area contributed by atoms with Gasteiger partial charge in [0, 0.05) is 19.4 Å². The first-order chi connectivity index (χ1) is 9.61. The summed E-state index contributed by atoms with van der Waals surface area (Å²) in [5.41, 5.74) is 0. The Bertz CT molecular complexity index is 298. The minimum atomic E-state index is -0.732. The Morgan fingerprint density at radius 2 is 1.90 bits per heavy atom. The van der Waals surface area contributed by atoms with Crippen molar-refractivity contribution in [3.8, 4) is 0 Å². The van der Waals surface area contributed by atoms with E-state index in [9.17, 15) is 9.59 Å². The van der Waals surface area contributed by atoms with Gasteiger partial charge in [-0.15, -0.1) is 0 Å². The highest BCUT2D eigenvalue weighted by molar-refractivity contribution is 5.75. The van der Waals surface area contributed by atoms with Crippen molar-refractivity contribution in [2.24, 2.45) is 11.8 Å². The second-order valence-corrected chi connectivity index (χ2v) is 6.03. The molecule has 1 aliphatic rings. The molecule has 0 aromatic carbocycles. The molecule has 1 atom stereocenters. The number of amides is 1. The zero-order valence-corrected chi connectivity index (χ0v) is 12.7. The molecule has 1 aliphatic carbocycles. The van der Waals surface area contributed by atoms with E-state index in [0.717, 1.165) is 25.2 Å². The van der Waals surface area contributed by atoms with E-state index in [1.54, 1.807) is 0 Å². The summed E-state index contributed by atoms with van der Waals surface area (Å²) >= 11 is 0. The molecule has 1 unspecified atom stereocenters. The Hall–Kier alpha value is -1.06. The van der Waals surface area contributed by atoms with E-state index >= 15 is 0 Å². The number of nitrogens with one attached hydrogen (secondary N) is 1. The van der Waals surface area contributed by atoms with Crippen LogP contribution in [0.4, 0.5) is 0 Å². The Labute approximate surface area is 122 Å². The fourth-order valence-electron chi connectivity index (χ4n) is 3.02. The van der Waals surface area contributed by atoms with Crippen LogP contribution >= 0.6 is 0 Å². The first kappa shape index (κ1) is 17.0. The molecule has 4 nitrogen and oxygen atoms in total. The predicted octanol–water partition coefficient (Wildman–Crippen LogP) is 3.35. The molecule has 0 spiro atoms. The van der Waals surface area contributed by atoms with Gasteiger partial charge in [0.15, 0.2) is 0 Å². The number of hydrogen-bond acceptors (Lipinski definition) is 2. The minimum Gasteiger partial charge on any atom is -0.481 e. The second-order valence-electron chi connectivity index (χ2n) is 6.03. The molecule has 1 amide bonds. The molecule has 1 fully saturated rings. The monoisotopic (exact) mass is 283 g/mol. The van der Waals surface area contributed by atoms with Crippen molar-refractivity contribution in [2.45, 2.75) is 71.1 Å². The molecule has 1 saturated carbocycles. The van der Waals surface area contributed by atoms with Gasteiger partial charge in [-0.05, 0) is 31.1 Å². The highest BCUT2D eigenvalue weighted by Gasteiger charge is 2.16. The molecule has 2 N–H and O–H groups in total. The first-order valence-electron chi connectivity index (χ1n) is 8.10. The van der Waals surface area contributed by atoms with Crippen LogP contribution in [0.1, 0.15) is 71.1 Å². The third-order valence-corrected chi connectivity index (χ3v) is 4.47. The SMILES string of the molecule is CCC(CCNC(=O)CCC1CCCC1)CCC(=O)O. The fraction of sp³-hybridized carbons (Fsp3) is 0.875. The number of carboxylic acids is 1. The summed E-state index contributed by atoms with van der Waals surface area (Å²) in [5.74, 6) is 0.593. The van der Waals surface area contributed by atoms with Crippen LogP contribution in [0.15, 0.2) is 0 Å². The average Bonchev–Trinajstić information content (AvgIpc) is 2.93. The van der Waals surface area contributed by atoms with Gasteiger partial charge in [-0.2, -0.15) is 0 Å². The Morgan fingerprint density at radius 1 is 1.20 bits per heavy atom. The van der Waals surface area contributed by atoms with E-state index in [-0.39, 0.29) is 12.3 Å². The van der Waals surface area contributed by atoms with Gasteiger partial charge >= 0.3 is 5.97 Å². The lowest BCUT2D eigenvalue weighted by Gasteiger charge is -2.14. The van der Waals surface area contributed by atoms with Gasteiger partial charge in [0.25, 0.3) is 0 Å². The Morgan fingerprint density at radius 3 is 2.50 bits per heavy atom. The molecule has 4 heteroatoms. The minimum absolute atomic E-state index is 0.157. The maximum absolute atomic E-state index is 11.7. The van der Waals surface area contributed by atoms with Gasteiger partial charge < -0.3 is 10.4 Å². The van der Waals surface area contributed by atoms with E-state index in [1.165, 1.54) is 25.7 Å². The van der Waals surface area contributed by atoms with Gasteiger partial charge in [-0.25, -0.2) is 0 Å². The van der Waals surface area contributed by atoms with Gasteiger partial charge in [0.05, 0.1) is 0 Å². The number of hydrogen-bond donors (Lipinski definition) is 2. The van der Waals surface area contributed by atoms with Crippen molar-refractivity contribution in [3.05, 3.63) is 0 Å². The quantitative estimate of drug-likeness (QED) is 0.646. The maximum atomic E-state index is 11.7. The molecule has 116 valence electrons. The molecule has 1 rings (SSSR count). The van der Waals surface area contributed by atoms with Crippen LogP contribution in [0.5, 0.6) is 0 Å². The Kier molecular flexibility index (Phi) is 8.31. The van der Waals surface area contributed by atoms with Crippen molar-refractivity contribution < 1.29 is 14.7 Å². The highest BCUT2D eigenvalue weighted by Crippen LogP contribution is 2.28. The van der Waals surface area contributed by atoms with E-state index in [4.69, 9.17) is 5.11 Å². The first-order valence-corrected chi connectivity index (χ1v) is 8.10. The van der Waals surface area contributed by atoms with Crippen LogP contribution < -0.4 is 5.32 Å². The third kappa shape index (κ3) is 7.51. The lowest BCUT2D eigenvalue weighted by atomic mass is 9.96. The molecule has 0 aromatic rings. The standard InChI is InChI=1S/C16H29NO3/c1-2-13(8-10-16(19)20)11-12-17-15(18)9-7-14-5-3-4-6-14/h13-14H,2-12H2,1H3,(H,17,18)(H,19,20). The number of aliphatic carboxylic acids is 1. The predicted molar refractivity (Wildman–Crippen MR) is 79.5 cm³/mol. The lowest BCUT2D eigenvalue weighted by molar-refractivity contribution is -0.137. The van der Waals surface area contributed by atoms with Crippen LogP contribution in [0.3, 0.4) is 0 Å². The number of carbonyl (C=O) groups excluding carboxylic acids is 1. The normalized spacial score (nSPS) is 17.1. The third-order valence-electron chi connectivity index (χ3n) is 4.47. The van der Waals surface area contributed by atoms with Crippen LogP contribution in [0.25, 0.3) is 0 Å². The molecule has 20 heavy (non-hydrogen) atoms. The van der Waals surface area contributed by atoms with Gasteiger partial charge in [-0.3, -0.25) is 9.59 Å². The van der Waals surface area contributed by atoms with E-state index < -0.39 is 5.97 Å². The average molecular weight is 283 g/mol. The topological polar surface area (TPSA) is 66.4 Å². The summed E-state index contributed by atoms with van der Waals surface area (Å²) in [6.07, 6.45) is 9.73. The van der Waals surface area contributed by atoms with Crippen molar-refractivity contribution >= 4 is 11.9 Å². The van der Waals surface area contributed by atoms with Gasteiger partial charge in [0.2, 0.25) is 5.91 Å². The van der Waals surface area contributed by atoms with E-state index in [1.807, 2.05) is 0 Å². The Balaban J connectivity index is 2.05. The van der Waals surface area contributed by atoms with Crippen molar-refractivity contribution in [2.75, 3.05) is 6.54 Å². The van der Waals surface area contributed by atoms with Gasteiger partial charge in [0.1, 0.15) is 0 Å². The van der Waals surface area contributed by atoms with E-state index in [0.29, 0.717) is 25.3 Å². The molecular weight excluding hydrogens is 254 g/mol. The molecule has 0 aliphatic heterocycles. The van der Waals surface area contributed by atoms with Crippen molar-refractivity contribution in [1.29, 1.82) is 0 Å². The summed E-state index contributed by atoms with van der Waals surface area (Å²) in [6.45, 7) is 2.76. The number of carbonyl (C=O) groups is 2. The highest BCUT2D eigenvalue weighted by atomic mass is 16.4. The lowest BCUT2D eigenvalue weighted by Crippen LogP contribution is -2.26. The molecule has 0 aromatic heterocycles. The fourth-order valence-corrected chi connectivity index (χ4v) is 3.02. The van der Waals surface area contributed by atoms with Crippen LogP contribution in [-0.2, 0) is 9.59 Å². The maximum Gasteiger partial charge on any atom is 0.303 e. The molecular formula is C16H29NO3. The smallest absolute Gasteiger partial charge is 0.303 e.